The van der Waals surface area contributed by atoms with Crippen molar-refractivity contribution >= 4 is 23.3 Å². The van der Waals surface area contributed by atoms with E-state index in [9.17, 15) is 23.2 Å². The molecule has 0 atom stereocenters. The van der Waals surface area contributed by atoms with Gasteiger partial charge in [0, 0.05) is 17.6 Å². The zero-order chi connectivity index (χ0) is 30.4. The Morgan fingerprint density at radius 2 is 1.69 bits per heavy atom. The number of hydrogen-bond acceptors (Lipinski definition) is 8. The first-order valence-electron chi connectivity index (χ1n) is 12.5. The number of aromatic nitrogens is 4. The molecule has 1 N–H and O–H groups in total. The summed E-state index contributed by atoms with van der Waals surface area (Å²) in [6.07, 6.45) is 1.11. The van der Waals surface area contributed by atoms with Crippen molar-refractivity contribution in [3.8, 4) is 17.4 Å². The smallest absolute Gasteiger partial charge is 0.387 e. The zero-order valence-corrected chi connectivity index (χ0v) is 23.5. The Kier molecular flexibility index (Phi) is 9.21. The van der Waals surface area contributed by atoms with Gasteiger partial charge in [-0.05, 0) is 61.9 Å². The first kappa shape index (κ1) is 30.2. The van der Waals surface area contributed by atoms with Gasteiger partial charge in [-0.25, -0.2) is 24.1 Å². The number of carbonyl (C=O) groups is 1. The Hall–Kier alpha value is -4.78. The Balaban J connectivity index is 1.68. The van der Waals surface area contributed by atoms with Crippen molar-refractivity contribution in [2.45, 2.75) is 33.5 Å². The average molecular weight is 602 g/mol. The van der Waals surface area contributed by atoms with Gasteiger partial charge in [-0.3, -0.25) is 14.3 Å². The fourth-order valence-corrected chi connectivity index (χ4v) is 3.99. The number of nitrogens with one attached hydrogen (secondary N) is 1. The Bertz CT molecular complexity index is 1730. The maximum absolute atomic E-state index is 13.6. The van der Waals surface area contributed by atoms with Crippen LogP contribution in [0.3, 0.4) is 0 Å². The summed E-state index contributed by atoms with van der Waals surface area (Å²) in [6.45, 7) is -0.0186. The lowest BCUT2D eigenvalue weighted by Gasteiger charge is -2.22. The van der Waals surface area contributed by atoms with Crippen molar-refractivity contribution in [1.29, 1.82) is 0 Å². The number of nitrogens with zero attached hydrogens (tertiary/aromatic N) is 4. The lowest BCUT2D eigenvalue weighted by Crippen LogP contribution is -2.52. The number of rotatable bonds is 10. The van der Waals surface area contributed by atoms with Gasteiger partial charge in [-0.1, -0.05) is 23.7 Å². The molecule has 0 saturated heterocycles. The third-order valence-corrected chi connectivity index (χ3v) is 6.21. The predicted octanol–water partition coefficient (Wildman–Crippen LogP) is 4.26. The monoisotopic (exact) mass is 601 g/mol. The van der Waals surface area contributed by atoms with Crippen LogP contribution in [0.15, 0.2) is 81.4 Å². The van der Waals surface area contributed by atoms with Crippen LogP contribution in [0.5, 0.6) is 17.4 Å². The summed E-state index contributed by atoms with van der Waals surface area (Å²) in [5.41, 5.74) is -1.54. The predicted molar refractivity (Wildman–Crippen MR) is 148 cm³/mol. The average Bonchev–Trinajstić information content (AvgIpc) is 2.95. The molecule has 11 nitrogen and oxygen atoms in total. The highest BCUT2D eigenvalue weighted by atomic mass is 35.5. The van der Waals surface area contributed by atoms with Crippen LogP contribution in [-0.2, 0) is 22.6 Å². The molecule has 0 bridgehead atoms. The van der Waals surface area contributed by atoms with Crippen molar-refractivity contribution in [2.75, 3.05) is 7.11 Å². The highest BCUT2D eigenvalue weighted by Gasteiger charge is 2.31. The van der Waals surface area contributed by atoms with E-state index in [2.05, 4.69) is 19.7 Å². The number of pyridine rings is 1. The number of carbonyl (C=O) groups excluding carboxylic acids is 1. The van der Waals surface area contributed by atoms with Crippen LogP contribution in [0.2, 0.25) is 5.02 Å². The minimum Gasteiger partial charge on any atom is -0.469 e. The van der Waals surface area contributed by atoms with Gasteiger partial charge in [-0.2, -0.15) is 8.78 Å². The van der Waals surface area contributed by atoms with E-state index in [0.717, 1.165) is 10.8 Å². The van der Waals surface area contributed by atoms with Crippen molar-refractivity contribution in [2.24, 2.45) is 10.4 Å². The van der Waals surface area contributed by atoms with Crippen LogP contribution >= 0.6 is 11.6 Å². The molecule has 4 rings (SSSR count). The van der Waals surface area contributed by atoms with Gasteiger partial charge < -0.3 is 14.2 Å². The molecule has 0 radical (unpaired) electrons. The number of halogens is 3. The fourth-order valence-electron chi connectivity index (χ4n) is 3.86. The fraction of sp³-hybridized carbons (Fsp3) is 0.250. The van der Waals surface area contributed by atoms with Crippen molar-refractivity contribution in [1.82, 2.24) is 19.1 Å². The standard InChI is InChI=1S/C28H26ClF2N5O6/c1-28(2,23(37)40-3)16-36-26(38)34-25(35(27(36)39)15-17-4-6-18(29)7-5-17)33-19-8-10-20(11-9-19)41-22-13-12-21(14-32-22)42-24(30)31/h4-14,24H,15-16H2,1-3H3,(H,33,34,38). The number of alkyl halides is 2. The van der Waals surface area contributed by atoms with E-state index < -0.39 is 29.4 Å². The maximum atomic E-state index is 13.6. The molecule has 42 heavy (non-hydrogen) atoms. The van der Waals surface area contributed by atoms with E-state index in [1.54, 1.807) is 62.4 Å². The summed E-state index contributed by atoms with van der Waals surface area (Å²) in [7, 11) is 1.23. The molecular weight excluding hydrogens is 576 g/mol. The zero-order valence-electron chi connectivity index (χ0n) is 22.7. The van der Waals surface area contributed by atoms with Crippen molar-refractivity contribution < 1.29 is 27.8 Å². The molecule has 0 saturated carbocycles. The van der Waals surface area contributed by atoms with Gasteiger partial charge in [-0.15, -0.1) is 0 Å². The Morgan fingerprint density at radius 3 is 2.29 bits per heavy atom. The van der Waals surface area contributed by atoms with Crippen LogP contribution in [0, 0.1) is 5.41 Å². The van der Waals surface area contributed by atoms with Crippen molar-refractivity contribution in [3.63, 3.8) is 0 Å². The largest absolute Gasteiger partial charge is 0.469 e. The first-order chi connectivity index (χ1) is 19.9. The van der Waals surface area contributed by atoms with E-state index in [-0.39, 0.29) is 30.3 Å². The number of methoxy groups -OCH3 is 1. The molecule has 0 spiro atoms. The molecule has 0 aliphatic heterocycles. The van der Waals surface area contributed by atoms with E-state index >= 15 is 0 Å². The first-order valence-corrected chi connectivity index (χ1v) is 12.8. The Morgan fingerprint density at radius 1 is 1.02 bits per heavy atom. The number of ether oxygens (including phenoxy) is 3. The van der Waals surface area contributed by atoms with Gasteiger partial charge >= 0.3 is 24.0 Å². The molecule has 220 valence electrons. The van der Waals surface area contributed by atoms with Gasteiger partial charge in [0.1, 0.15) is 11.5 Å². The van der Waals surface area contributed by atoms with Crippen LogP contribution in [-0.4, -0.2) is 38.8 Å². The second-order valence-corrected chi connectivity index (χ2v) is 10.1. The third kappa shape index (κ3) is 7.49. The van der Waals surface area contributed by atoms with Gasteiger partial charge in [0.25, 0.3) is 0 Å². The molecule has 2 heterocycles. The highest BCUT2D eigenvalue weighted by molar-refractivity contribution is 6.30. The molecule has 0 amide bonds. The van der Waals surface area contributed by atoms with E-state index in [0.29, 0.717) is 22.0 Å². The maximum Gasteiger partial charge on any atom is 0.387 e. The van der Waals surface area contributed by atoms with Gasteiger partial charge in [0.05, 0.1) is 31.0 Å². The second kappa shape index (κ2) is 12.8. The summed E-state index contributed by atoms with van der Waals surface area (Å²) in [6, 6.07) is 15.8. The normalized spacial score (nSPS) is 11.9. The summed E-state index contributed by atoms with van der Waals surface area (Å²) in [5, 5.41) is 0.516. The summed E-state index contributed by atoms with van der Waals surface area (Å²) in [5.74, 6) is -0.179. The quantitative estimate of drug-likeness (QED) is 0.269. The van der Waals surface area contributed by atoms with Crippen molar-refractivity contribution in [3.05, 3.63) is 104 Å². The molecule has 2 aromatic heterocycles. The van der Waals surface area contributed by atoms with E-state index in [1.807, 2.05) is 0 Å². The van der Waals surface area contributed by atoms with Gasteiger partial charge in [0.15, 0.2) is 0 Å². The summed E-state index contributed by atoms with van der Waals surface area (Å²) in [4.78, 5) is 49.9. The topological polar surface area (TPSA) is 130 Å². The molecule has 0 fully saturated rings. The third-order valence-electron chi connectivity index (χ3n) is 5.96. The molecule has 2 aromatic carbocycles. The molecule has 0 aliphatic carbocycles. The molecule has 14 heteroatoms. The number of esters is 1. The SMILES string of the molecule is COC(=O)C(C)(C)Cn1c(=O)[nH]/c(=N\c2ccc(Oc3ccc(OC(F)F)cn3)cc2)n(Cc2ccc(Cl)cc2)c1=O. The summed E-state index contributed by atoms with van der Waals surface area (Å²) < 4.78 is 41.6. The Labute approximate surface area is 242 Å². The minimum atomic E-state index is -2.96. The lowest BCUT2D eigenvalue weighted by molar-refractivity contribution is -0.151. The molecule has 0 aliphatic rings. The lowest BCUT2D eigenvalue weighted by atomic mass is 9.94. The number of hydrogen-bond donors (Lipinski definition) is 1. The summed E-state index contributed by atoms with van der Waals surface area (Å²) >= 11 is 6.01. The molecule has 4 aromatic rings. The van der Waals surface area contributed by atoms with E-state index in [4.69, 9.17) is 21.1 Å². The highest BCUT2D eigenvalue weighted by Crippen LogP contribution is 2.24. The number of aromatic amines is 1. The van der Waals surface area contributed by atoms with Gasteiger partial charge in [0.2, 0.25) is 11.5 Å². The van der Waals surface area contributed by atoms with Crippen LogP contribution in [0.25, 0.3) is 0 Å². The van der Waals surface area contributed by atoms with Crippen LogP contribution in [0.1, 0.15) is 19.4 Å². The molecular formula is C28H26ClF2N5O6. The molecule has 0 unspecified atom stereocenters. The van der Waals surface area contributed by atoms with E-state index in [1.165, 1.54) is 23.8 Å². The van der Waals surface area contributed by atoms with Crippen LogP contribution < -0.4 is 26.5 Å². The number of H-pyrrole nitrogens is 1. The second-order valence-electron chi connectivity index (χ2n) is 9.63. The number of benzene rings is 2. The van der Waals surface area contributed by atoms with Crippen LogP contribution in [0.4, 0.5) is 14.5 Å². The minimum absolute atomic E-state index is 0.0305.